The normalized spacial score (nSPS) is 20.6. The third-order valence-corrected chi connectivity index (χ3v) is 3.79. The smallest absolute Gasteiger partial charge is 0.218 e. The van der Waals surface area contributed by atoms with E-state index in [9.17, 15) is 0 Å². The molecule has 19 heavy (non-hydrogen) atoms. The van der Waals surface area contributed by atoms with Gasteiger partial charge in [-0.1, -0.05) is 0 Å². The van der Waals surface area contributed by atoms with Crippen LogP contribution in [0.15, 0.2) is 12.4 Å². The van der Waals surface area contributed by atoms with Crippen LogP contribution in [0.3, 0.4) is 0 Å². The van der Waals surface area contributed by atoms with Gasteiger partial charge in [-0.3, -0.25) is 0 Å². The summed E-state index contributed by atoms with van der Waals surface area (Å²) in [6, 6.07) is 3.44. The number of nitrogens with one attached hydrogen (secondary N) is 1. The number of hydrogen-bond donors (Lipinski definition) is 1. The van der Waals surface area contributed by atoms with Crippen molar-refractivity contribution in [2.75, 3.05) is 24.6 Å². The average Bonchev–Trinajstić information content (AvgIpc) is 3.24. The van der Waals surface area contributed by atoms with E-state index in [0.717, 1.165) is 24.9 Å². The number of hydrogen-bond acceptors (Lipinski definition) is 5. The number of aromatic nitrogens is 2. The van der Waals surface area contributed by atoms with E-state index in [1.54, 1.807) is 6.33 Å². The van der Waals surface area contributed by atoms with E-state index in [1.165, 1.54) is 25.7 Å². The number of anilines is 1. The molecule has 0 amide bonds. The van der Waals surface area contributed by atoms with Crippen LogP contribution in [-0.2, 0) is 0 Å². The van der Waals surface area contributed by atoms with Gasteiger partial charge in [0.2, 0.25) is 5.88 Å². The lowest BCUT2D eigenvalue weighted by Crippen LogP contribution is -2.43. The van der Waals surface area contributed by atoms with E-state index in [0.29, 0.717) is 18.5 Å². The van der Waals surface area contributed by atoms with Gasteiger partial charge in [0.05, 0.1) is 6.61 Å². The summed E-state index contributed by atoms with van der Waals surface area (Å²) in [4.78, 5) is 10.8. The third-order valence-electron chi connectivity index (χ3n) is 3.79. The maximum absolute atomic E-state index is 5.43. The standard InChI is InChI=1S/C14H22N4O/c1-2-19-14-9-13(15-10-16-14)18-7-5-12(6-8-18)17-11-3-4-11/h9-12,17H,2-8H2,1H3. The minimum atomic E-state index is 0.643. The summed E-state index contributed by atoms with van der Waals surface area (Å²) in [5.41, 5.74) is 0. The Hall–Kier alpha value is -1.36. The van der Waals surface area contributed by atoms with Gasteiger partial charge < -0.3 is 15.0 Å². The van der Waals surface area contributed by atoms with Gasteiger partial charge >= 0.3 is 0 Å². The van der Waals surface area contributed by atoms with Crippen LogP contribution in [0, 0.1) is 0 Å². The summed E-state index contributed by atoms with van der Waals surface area (Å²) in [5, 5.41) is 3.71. The molecule has 1 aliphatic heterocycles. The SMILES string of the molecule is CCOc1cc(N2CCC(NC3CC3)CC2)ncn1. The molecule has 0 aromatic carbocycles. The Morgan fingerprint density at radius 1 is 1.21 bits per heavy atom. The first-order chi connectivity index (χ1) is 9.35. The zero-order valence-corrected chi connectivity index (χ0v) is 11.5. The van der Waals surface area contributed by atoms with Gasteiger partial charge in [0.15, 0.2) is 0 Å². The quantitative estimate of drug-likeness (QED) is 0.873. The van der Waals surface area contributed by atoms with Crippen molar-refractivity contribution >= 4 is 5.82 Å². The molecule has 1 N–H and O–H groups in total. The molecule has 1 aromatic rings. The third kappa shape index (κ3) is 3.35. The lowest BCUT2D eigenvalue weighted by molar-refractivity contribution is 0.326. The Bertz CT molecular complexity index is 414. The van der Waals surface area contributed by atoms with Crippen LogP contribution in [0.4, 0.5) is 5.82 Å². The summed E-state index contributed by atoms with van der Waals surface area (Å²) in [7, 11) is 0. The van der Waals surface area contributed by atoms with Crippen LogP contribution in [0.25, 0.3) is 0 Å². The number of nitrogens with zero attached hydrogens (tertiary/aromatic N) is 3. The van der Waals surface area contributed by atoms with E-state index in [1.807, 2.05) is 13.0 Å². The largest absolute Gasteiger partial charge is 0.478 e. The molecule has 0 atom stereocenters. The van der Waals surface area contributed by atoms with Crippen molar-refractivity contribution in [3.8, 4) is 5.88 Å². The summed E-state index contributed by atoms with van der Waals surface area (Å²) < 4.78 is 5.43. The Morgan fingerprint density at radius 2 is 1.95 bits per heavy atom. The van der Waals surface area contributed by atoms with Crippen molar-refractivity contribution in [1.29, 1.82) is 0 Å². The van der Waals surface area contributed by atoms with E-state index >= 15 is 0 Å². The Kier molecular flexibility index (Phi) is 3.82. The second kappa shape index (κ2) is 5.74. The lowest BCUT2D eigenvalue weighted by Gasteiger charge is -2.33. The van der Waals surface area contributed by atoms with Crippen molar-refractivity contribution in [3.05, 3.63) is 12.4 Å². The number of piperidine rings is 1. The molecular weight excluding hydrogens is 240 g/mol. The molecule has 0 unspecified atom stereocenters. The lowest BCUT2D eigenvalue weighted by atomic mass is 10.1. The average molecular weight is 262 g/mol. The van der Waals surface area contributed by atoms with Crippen molar-refractivity contribution in [3.63, 3.8) is 0 Å². The van der Waals surface area contributed by atoms with Gasteiger partial charge in [-0.2, -0.15) is 0 Å². The van der Waals surface area contributed by atoms with E-state index in [-0.39, 0.29) is 0 Å². The van der Waals surface area contributed by atoms with Gasteiger partial charge in [-0.15, -0.1) is 0 Å². The fourth-order valence-electron chi connectivity index (χ4n) is 2.59. The molecule has 104 valence electrons. The van der Waals surface area contributed by atoms with Crippen molar-refractivity contribution in [2.24, 2.45) is 0 Å². The van der Waals surface area contributed by atoms with E-state index in [4.69, 9.17) is 4.74 Å². The second-order valence-corrected chi connectivity index (χ2v) is 5.35. The minimum Gasteiger partial charge on any atom is -0.478 e. The molecule has 2 fully saturated rings. The molecular formula is C14H22N4O. The van der Waals surface area contributed by atoms with Crippen LogP contribution < -0.4 is 15.0 Å². The fourth-order valence-corrected chi connectivity index (χ4v) is 2.59. The maximum Gasteiger partial charge on any atom is 0.218 e. The molecule has 5 heteroatoms. The highest BCUT2D eigenvalue weighted by Gasteiger charge is 2.27. The van der Waals surface area contributed by atoms with Gasteiger partial charge in [-0.25, -0.2) is 9.97 Å². The highest BCUT2D eigenvalue weighted by atomic mass is 16.5. The van der Waals surface area contributed by atoms with Crippen molar-refractivity contribution in [1.82, 2.24) is 15.3 Å². The zero-order chi connectivity index (χ0) is 13.1. The second-order valence-electron chi connectivity index (χ2n) is 5.35. The van der Waals surface area contributed by atoms with Crippen LogP contribution in [-0.4, -0.2) is 41.7 Å². The maximum atomic E-state index is 5.43. The molecule has 1 saturated heterocycles. The minimum absolute atomic E-state index is 0.643. The van der Waals surface area contributed by atoms with Crippen LogP contribution >= 0.6 is 0 Å². The summed E-state index contributed by atoms with van der Waals surface area (Å²) >= 11 is 0. The number of rotatable bonds is 5. The molecule has 0 spiro atoms. The molecule has 5 nitrogen and oxygen atoms in total. The Morgan fingerprint density at radius 3 is 2.63 bits per heavy atom. The van der Waals surface area contributed by atoms with Gasteiger partial charge in [0, 0.05) is 31.2 Å². The van der Waals surface area contributed by atoms with E-state index < -0.39 is 0 Å². The Balaban J connectivity index is 1.56. The van der Waals surface area contributed by atoms with Gasteiger partial charge in [-0.05, 0) is 32.6 Å². The molecule has 1 saturated carbocycles. The predicted octanol–water partition coefficient (Wildman–Crippen LogP) is 1.60. The number of ether oxygens (including phenoxy) is 1. The summed E-state index contributed by atoms with van der Waals surface area (Å²) in [6.07, 6.45) is 6.72. The molecule has 1 aliphatic carbocycles. The van der Waals surface area contributed by atoms with E-state index in [2.05, 4.69) is 20.2 Å². The molecule has 1 aromatic heterocycles. The molecule has 2 aliphatic rings. The van der Waals surface area contributed by atoms with Crippen LogP contribution in [0.5, 0.6) is 5.88 Å². The predicted molar refractivity (Wildman–Crippen MR) is 74.6 cm³/mol. The van der Waals surface area contributed by atoms with Crippen LogP contribution in [0.2, 0.25) is 0 Å². The molecule has 0 bridgehead atoms. The van der Waals surface area contributed by atoms with Gasteiger partial charge in [0.25, 0.3) is 0 Å². The molecule has 3 rings (SSSR count). The first-order valence-corrected chi connectivity index (χ1v) is 7.31. The monoisotopic (exact) mass is 262 g/mol. The highest BCUT2D eigenvalue weighted by molar-refractivity contribution is 5.41. The highest BCUT2D eigenvalue weighted by Crippen LogP contribution is 2.24. The topological polar surface area (TPSA) is 50.3 Å². The Labute approximate surface area is 114 Å². The molecule has 2 heterocycles. The fraction of sp³-hybridized carbons (Fsp3) is 0.714. The molecule has 0 radical (unpaired) electrons. The van der Waals surface area contributed by atoms with Crippen molar-refractivity contribution < 1.29 is 4.74 Å². The van der Waals surface area contributed by atoms with Gasteiger partial charge in [0.1, 0.15) is 12.1 Å². The summed E-state index contributed by atoms with van der Waals surface area (Å²) in [5.74, 6) is 1.66. The summed E-state index contributed by atoms with van der Waals surface area (Å²) in [6.45, 7) is 4.74. The van der Waals surface area contributed by atoms with Crippen LogP contribution in [0.1, 0.15) is 32.6 Å². The first-order valence-electron chi connectivity index (χ1n) is 7.31. The zero-order valence-electron chi connectivity index (χ0n) is 11.5. The van der Waals surface area contributed by atoms with Crippen molar-refractivity contribution in [2.45, 2.75) is 44.7 Å². The first kappa shape index (κ1) is 12.7.